The number of aromatic nitrogens is 2. The number of nitrogen functional groups attached to an aromatic ring is 1. The van der Waals surface area contributed by atoms with Gasteiger partial charge in [-0.3, -0.25) is 0 Å². The number of hydrogen-bond donors (Lipinski definition) is 1. The van der Waals surface area contributed by atoms with Crippen molar-refractivity contribution in [1.82, 2.24) is 9.55 Å². The summed E-state index contributed by atoms with van der Waals surface area (Å²) in [4.78, 5) is 4.29. The normalized spacial score (nSPS) is 10.4. The number of halogens is 1. The first-order valence-corrected chi connectivity index (χ1v) is 5.55. The Labute approximate surface area is 102 Å². The van der Waals surface area contributed by atoms with Crippen LogP contribution in [-0.4, -0.2) is 16.7 Å². The van der Waals surface area contributed by atoms with Crippen molar-refractivity contribution in [3.63, 3.8) is 0 Å². The Morgan fingerprint density at radius 3 is 2.38 bits per heavy atom. The monoisotopic (exact) mass is 281 g/mol. The molecular weight excluding hydrogens is 270 g/mol. The highest BCUT2D eigenvalue weighted by molar-refractivity contribution is 9.10. The molecule has 1 aromatic carbocycles. The third kappa shape index (κ3) is 1.78. The van der Waals surface area contributed by atoms with E-state index in [2.05, 4.69) is 20.9 Å². The second kappa shape index (κ2) is 4.17. The van der Waals surface area contributed by atoms with Crippen LogP contribution in [0.4, 0.5) is 5.95 Å². The van der Waals surface area contributed by atoms with E-state index >= 15 is 0 Å². The summed E-state index contributed by atoms with van der Waals surface area (Å²) >= 11 is 3.46. The Morgan fingerprint density at radius 1 is 1.31 bits per heavy atom. The van der Waals surface area contributed by atoms with Crippen molar-refractivity contribution >= 4 is 21.9 Å². The first-order chi connectivity index (χ1) is 7.63. The number of methoxy groups -OCH3 is 1. The van der Waals surface area contributed by atoms with Crippen molar-refractivity contribution in [2.45, 2.75) is 0 Å². The number of benzene rings is 1. The SMILES string of the molecule is COc1ccc(-c2nc(N)n(C)c2Br)cc1. The van der Waals surface area contributed by atoms with Crippen LogP contribution < -0.4 is 10.5 Å². The van der Waals surface area contributed by atoms with Gasteiger partial charge < -0.3 is 15.0 Å². The molecule has 0 aliphatic carbocycles. The molecule has 2 aromatic rings. The van der Waals surface area contributed by atoms with E-state index < -0.39 is 0 Å². The van der Waals surface area contributed by atoms with E-state index in [1.165, 1.54) is 0 Å². The van der Waals surface area contributed by atoms with Crippen molar-refractivity contribution in [3.8, 4) is 17.0 Å². The zero-order valence-corrected chi connectivity index (χ0v) is 10.7. The van der Waals surface area contributed by atoms with Crippen molar-refractivity contribution in [2.75, 3.05) is 12.8 Å². The van der Waals surface area contributed by atoms with Gasteiger partial charge in [0.05, 0.1) is 7.11 Å². The van der Waals surface area contributed by atoms with Gasteiger partial charge >= 0.3 is 0 Å². The van der Waals surface area contributed by atoms with Gasteiger partial charge in [-0.05, 0) is 40.2 Å². The molecule has 5 heteroatoms. The van der Waals surface area contributed by atoms with E-state index in [9.17, 15) is 0 Å². The van der Waals surface area contributed by atoms with Gasteiger partial charge in [-0.2, -0.15) is 0 Å². The van der Waals surface area contributed by atoms with E-state index in [0.29, 0.717) is 5.95 Å². The molecule has 0 spiro atoms. The molecule has 0 radical (unpaired) electrons. The first kappa shape index (κ1) is 11.0. The maximum absolute atomic E-state index is 5.73. The summed E-state index contributed by atoms with van der Waals surface area (Å²) < 4.78 is 7.76. The molecule has 0 aliphatic heterocycles. The minimum atomic E-state index is 0.484. The first-order valence-electron chi connectivity index (χ1n) is 4.75. The van der Waals surface area contributed by atoms with Gasteiger partial charge in [0.25, 0.3) is 0 Å². The molecule has 0 saturated carbocycles. The average molecular weight is 282 g/mol. The molecule has 2 rings (SSSR count). The Hall–Kier alpha value is -1.49. The van der Waals surface area contributed by atoms with Gasteiger partial charge in [0.2, 0.25) is 5.95 Å². The number of nitrogens with zero attached hydrogens (tertiary/aromatic N) is 2. The van der Waals surface area contributed by atoms with Crippen LogP contribution in [-0.2, 0) is 7.05 Å². The smallest absolute Gasteiger partial charge is 0.201 e. The topological polar surface area (TPSA) is 53.1 Å². The average Bonchev–Trinajstić information content (AvgIpc) is 2.57. The number of anilines is 1. The predicted octanol–water partition coefficient (Wildman–Crippen LogP) is 2.44. The lowest BCUT2D eigenvalue weighted by atomic mass is 10.2. The fourth-order valence-electron chi connectivity index (χ4n) is 1.43. The molecule has 0 aliphatic rings. The summed E-state index contributed by atoms with van der Waals surface area (Å²) in [6.07, 6.45) is 0. The number of hydrogen-bond acceptors (Lipinski definition) is 3. The van der Waals surface area contributed by atoms with Gasteiger partial charge in [-0.1, -0.05) is 0 Å². The lowest BCUT2D eigenvalue weighted by molar-refractivity contribution is 0.415. The molecule has 0 bridgehead atoms. The Morgan fingerprint density at radius 2 is 1.94 bits per heavy atom. The molecule has 1 heterocycles. The van der Waals surface area contributed by atoms with Gasteiger partial charge in [0, 0.05) is 12.6 Å². The van der Waals surface area contributed by atoms with Crippen LogP contribution in [0.15, 0.2) is 28.9 Å². The van der Waals surface area contributed by atoms with Crippen LogP contribution in [0.3, 0.4) is 0 Å². The van der Waals surface area contributed by atoms with Crippen LogP contribution >= 0.6 is 15.9 Å². The molecule has 0 saturated heterocycles. The van der Waals surface area contributed by atoms with E-state index in [1.54, 1.807) is 11.7 Å². The van der Waals surface area contributed by atoms with Gasteiger partial charge in [-0.15, -0.1) is 0 Å². The van der Waals surface area contributed by atoms with Crippen molar-refractivity contribution in [3.05, 3.63) is 28.9 Å². The van der Waals surface area contributed by atoms with E-state index in [4.69, 9.17) is 10.5 Å². The molecule has 0 atom stereocenters. The van der Waals surface area contributed by atoms with Crippen LogP contribution in [0.25, 0.3) is 11.3 Å². The standard InChI is InChI=1S/C11H12BrN3O/c1-15-10(12)9(14-11(15)13)7-3-5-8(16-2)6-4-7/h3-6H,1-2H3,(H2,13,14). The van der Waals surface area contributed by atoms with Crippen LogP contribution in [0.5, 0.6) is 5.75 Å². The maximum atomic E-state index is 5.73. The molecule has 2 N–H and O–H groups in total. The number of ether oxygens (including phenoxy) is 1. The lowest BCUT2D eigenvalue weighted by Crippen LogP contribution is -1.96. The molecule has 84 valence electrons. The molecular formula is C11H12BrN3O. The lowest BCUT2D eigenvalue weighted by Gasteiger charge is -2.01. The van der Waals surface area contributed by atoms with E-state index in [1.807, 2.05) is 31.3 Å². The minimum Gasteiger partial charge on any atom is -0.497 e. The summed E-state index contributed by atoms with van der Waals surface area (Å²) in [5.41, 5.74) is 7.57. The van der Waals surface area contributed by atoms with E-state index in [0.717, 1.165) is 21.6 Å². The molecule has 0 fully saturated rings. The Bertz CT molecular complexity index is 505. The zero-order valence-electron chi connectivity index (χ0n) is 9.07. The third-order valence-electron chi connectivity index (χ3n) is 2.42. The number of rotatable bonds is 2. The van der Waals surface area contributed by atoms with Crippen molar-refractivity contribution in [1.29, 1.82) is 0 Å². The molecule has 0 unspecified atom stereocenters. The highest BCUT2D eigenvalue weighted by atomic mass is 79.9. The van der Waals surface area contributed by atoms with Gasteiger partial charge in [0.1, 0.15) is 16.0 Å². The molecule has 4 nitrogen and oxygen atoms in total. The molecule has 16 heavy (non-hydrogen) atoms. The van der Waals surface area contributed by atoms with Crippen LogP contribution in [0.2, 0.25) is 0 Å². The summed E-state index contributed by atoms with van der Waals surface area (Å²) in [6, 6.07) is 7.69. The highest BCUT2D eigenvalue weighted by Crippen LogP contribution is 2.29. The number of imidazole rings is 1. The predicted molar refractivity (Wildman–Crippen MR) is 67.3 cm³/mol. The zero-order chi connectivity index (χ0) is 11.7. The molecule has 1 aromatic heterocycles. The molecule has 0 amide bonds. The summed E-state index contributed by atoms with van der Waals surface area (Å²) in [5.74, 6) is 1.31. The third-order valence-corrected chi connectivity index (χ3v) is 3.33. The maximum Gasteiger partial charge on any atom is 0.201 e. The largest absolute Gasteiger partial charge is 0.497 e. The Balaban J connectivity index is 2.46. The van der Waals surface area contributed by atoms with Crippen LogP contribution in [0, 0.1) is 0 Å². The van der Waals surface area contributed by atoms with E-state index in [-0.39, 0.29) is 0 Å². The summed E-state index contributed by atoms with van der Waals surface area (Å²) in [7, 11) is 3.50. The summed E-state index contributed by atoms with van der Waals surface area (Å²) in [6.45, 7) is 0. The summed E-state index contributed by atoms with van der Waals surface area (Å²) in [5, 5.41) is 0. The fourth-order valence-corrected chi connectivity index (χ4v) is 1.93. The quantitative estimate of drug-likeness (QED) is 0.920. The fraction of sp³-hybridized carbons (Fsp3) is 0.182. The minimum absolute atomic E-state index is 0.484. The number of nitrogens with two attached hydrogens (primary N) is 1. The van der Waals surface area contributed by atoms with Crippen LogP contribution in [0.1, 0.15) is 0 Å². The second-order valence-corrected chi connectivity index (χ2v) is 4.15. The highest BCUT2D eigenvalue weighted by Gasteiger charge is 2.11. The van der Waals surface area contributed by atoms with Crippen molar-refractivity contribution < 1.29 is 4.74 Å². The Kier molecular flexibility index (Phi) is 2.87. The second-order valence-electron chi connectivity index (χ2n) is 3.40. The van der Waals surface area contributed by atoms with Gasteiger partial charge in [0.15, 0.2) is 0 Å². The van der Waals surface area contributed by atoms with Gasteiger partial charge in [-0.25, -0.2) is 4.98 Å². The van der Waals surface area contributed by atoms with Crippen molar-refractivity contribution in [2.24, 2.45) is 7.05 Å².